The smallest absolute Gasteiger partial charge is 0.417 e. The second-order valence-corrected chi connectivity index (χ2v) is 7.51. The highest BCUT2D eigenvalue weighted by Gasteiger charge is 2.34. The molecule has 0 amide bonds. The normalized spacial score (nSPS) is 12.1. The number of rotatable bonds is 6. The minimum absolute atomic E-state index is 0.0471. The van der Waals surface area contributed by atoms with E-state index >= 15 is 0 Å². The van der Waals surface area contributed by atoms with Gasteiger partial charge in [0.15, 0.2) is 0 Å². The molecule has 4 nitrogen and oxygen atoms in total. The van der Waals surface area contributed by atoms with Crippen molar-refractivity contribution in [3.63, 3.8) is 0 Å². The number of nitrogens with zero attached hydrogens (tertiary/aromatic N) is 1. The Hall–Kier alpha value is -1.93. The second kappa shape index (κ2) is 7.75. The number of hydrogen-bond donors (Lipinski definition) is 0. The molecule has 2 aromatic rings. The number of ether oxygens (including phenoxy) is 1. The van der Waals surface area contributed by atoms with Crippen LogP contribution in [0, 0.1) is 0 Å². The SMILES string of the molecule is CCOc1ccc(S(=O)(=O)N(CC)c2ccc(Cl)c(C(F)(F)F)c2)cc1. The van der Waals surface area contributed by atoms with Gasteiger partial charge in [-0.2, -0.15) is 13.2 Å². The van der Waals surface area contributed by atoms with Crippen molar-refractivity contribution in [2.75, 3.05) is 17.5 Å². The molecule has 0 aliphatic rings. The lowest BCUT2D eigenvalue weighted by atomic mass is 10.2. The summed E-state index contributed by atoms with van der Waals surface area (Å²) in [5.41, 5.74) is -1.20. The van der Waals surface area contributed by atoms with Crippen molar-refractivity contribution < 1.29 is 26.3 Å². The van der Waals surface area contributed by atoms with Gasteiger partial charge in [-0.05, 0) is 56.3 Å². The molecule has 2 aromatic carbocycles. The van der Waals surface area contributed by atoms with Crippen LogP contribution >= 0.6 is 11.6 Å². The number of sulfonamides is 1. The maximum absolute atomic E-state index is 13.1. The van der Waals surface area contributed by atoms with E-state index in [-0.39, 0.29) is 17.1 Å². The molecule has 2 rings (SSSR count). The predicted octanol–water partition coefficient (Wildman–Crippen LogP) is 4.97. The fourth-order valence-corrected chi connectivity index (χ4v) is 4.07. The monoisotopic (exact) mass is 407 g/mol. The number of anilines is 1. The first kappa shape index (κ1) is 20.4. The van der Waals surface area contributed by atoms with Crippen molar-refractivity contribution in [3.05, 3.63) is 53.1 Å². The average Bonchev–Trinajstić information content (AvgIpc) is 2.56. The Labute approximate surface area is 155 Å². The van der Waals surface area contributed by atoms with Crippen molar-refractivity contribution in [2.24, 2.45) is 0 Å². The Morgan fingerprint density at radius 3 is 2.19 bits per heavy atom. The number of hydrogen-bond acceptors (Lipinski definition) is 3. The third-order valence-corrected chi connectivity index (χ3v) is 5.80. The molecule has 26 heavy (non-hydrogen) atoms. The molecule has 0 aliphatic heterocycles. The minimum atomic E-state index is -4.69. The molecule has 142 valence electrons. The van der Waals surface area contributed by atoms with E-state index < -0.39 is 26.8 Å². The molecule has 9 heteroatoms. The summed E-state index contributed by atoms with van der Waals surface area (Å²) in [4.78, 5) is -0.0497. The maximum Gasteiger partial charge on any atom is 0.417 e. The summed E-state index contributed by atoms with van der Waals surface area (Å²) in [6.07, 6.45) is -4.69. The lowest BCUT2D eigenvalue weighted by Crippen LogP contribution is -2.31. The molecule has 0 aromatic heterocycles. The van der Waals surface area contributed by atoms with Gasteiger partial charge in [0.05, 0.1) is 27.8 Å². The van der Waals surface area contributed by atoms with Crippen LogP contribution < -0.4 is 9.04 Å². The molecule has 0 heterocycles. The third-order valence-electron chi connectivity index (χ3n) is 3.55. The van der Waals surface area contributed by atoms with Crippen LogP contribution in [0.2, 0.25) is 5.02 Å². The minimum Gasteiger partial charge on any atom is -0.494 e. The van der Waals surface area contributed by atoms with Gasteiger partial charge < -0.3 is 4.74 Å². The summed E-state index contributed by atoms with van der Waals surface area (Å²) in [5.74, 6) is 0.500. The Balaban J connectivity index is 2.47. The molecule has 0 saturated heterocycles. The standard InChI is InChI=1S/C17H17ClF3NO3S/c1-3-22(12-5-10-16(18)15(11-12)17(19,20)21)26(23,24)14-8-6-13(7-9-14)25-4-2/h5-11H,3-4H2,1-2H3. The molecule has 0 fully saturated rings. The van der Waals surface area contributed by atoms with Gasteiger partial charge in [0, 0.05) is 6.54 Å². The predicted molar refractivity (Wildman–Crippen MR) is 94.3 cm³/mol. The summed E-state index contributed by atoms with van der Waals surface area (Å²) < 4.78 is 71.1. The summed E-state index contributed by atoms with van der Waals surface area (Å²) >= 11 is 5.61. The summed E-state index contributed by atoms with van der Waals surface area (Å²) in [5, 5.41) is -0.490. The van der Waals surface area contributed by atoms with Gasteiger partial charge in [-0.15, -0.1) is 0 Å². The van der Waals surface area contributed by atoms with Crippen LogP contribution in [0.15, 0.2) is 47.4 Å². The largest absolute Gasteiger partial charge is 0.494 e. The maximum atomic E-state index is 13.1. The van der Waals surface area contributed by atoms with E-state index in [0.717, 1.165) is 16.4 Å². The lowest BCUT2D eigenvalue weighted by molar-refractivity contribution is -0.137. The van der Waals surface area contributed by atoms with E-state index in [0.29, 0.717) is 12.4 Å². The van der Waals surface area contributed by atoms with Gasteiger partial charge in [0.25, 0.3) is 10.0 Å². The van der Waals surface area contributed by atoms with E-state index in [1.165, 1.54) is 37.3 Å². The summed E-state index contributed by atoms with van der Waals surface area (Å²) in [6, 6.07) is 8.70. The van der Waals surface area contributed by atoms with Gasteiger partial charge in [0.2, 0.25) is 0 Å². The lowest BCUT2D eigenvalue weighted by Gasteiger charge is -2.24. The molecule has 0 bridgehead atoms. The second-order valence-electron chi connectivity index (χ2n) is 5.24. The molecule has 0 saturated carbocycles. The van der Waals surface area contributed by atoms with Crippen molar-refractivity contribution >= 4 is 27.3 Å². The fraction of sp³-hybridized carbons (Fsp3) is 0.294. The number of alkyl halides is 3. The molecule has 0 spiro atoms. The zero-order valence-corrected chi connectivity index (χ0v) is 15.6. The number of halogens is 4. The van der Waals surface area contributed by atoms with Crippen LogP contribution in [-0.2, 0) is 16.2 Å². The topological polar surface area (TPSA) is 46.6 Å². The molecule has 0 N–H and O–H groups in total. The van der Waals surface area contributed by atoms with Crippen LogP contribution in [0.4, 0.5) is 18.9 Å². The number of benzene rings is 2. The molecule has 0 atom stereocenters. The molecular weight excluding hydrogens is 391 g/mol. The molecule has 0 radical (unpaired) electrons. The highest BCUT2D eigenvalue weighted by atomic mass is 35.5. The van der Waals surface area contributed by atoms with E-state index in [1.807, 2.05) is 0 Å². The van der Waals surface area contributed by atoms with Crippen LogP contribution in [0.3, 0.4) is 0 Å². The van der Waals surface area contributed by atoms with E-state index in [4.69, 9.17) is 16.3 Å². The van der Waals surface area contributed by atoms with Gasteiger partial charge >= 0.3 is 6.18 Å². The van der Waals surface area contributed by atoms with Gasteiger partial charge in [0.1, 0.15) is 5.75 Å². The Kier molecular flexibility index (Phi) is 6.08. The molecular formula is C17H17ClF3NO3S. The van der Waals surface area contributed by atoms with Crippen molar-refractivity contribution in [3.8, 4) is 5.75 Å². The zero-order valence-electron chi connectivity index (χ0n) is 14.0. The van der Waals surface area contributed by atoms with Crippen molar-refractivity contribution in [2.45, 2.75) is 24.9 Å². The first-order valence-electron chi connectivity index (χ1n) is 7.73. The zero-order chi connectivity index (χ0) is 19.5. The first-order chi connectivity index (χ1) is 12.1. The summed E-state index contributed by atoms with van der Waals surface area (Å²) in [7, 11) is -4.04. The average molecular weight is 408 g/mol. The van der Waals surface area contributed by atoms with E-state index in [1.54, 1.807) is 6.92 Å². The molecule has 0 aliphatic carbocycles. The Bertz CT molecular complexity index is 868. The van der Waals surface area contributed by atoms with Crippen LogP contribution in [0.5, 0.6) is 5.75 Å². The summed E-state index contributed by atoms with van der Waals surface area (Å²) in [6.45, 7) is 3.71. The van der Waals surface area contributed by atoms with E-state index in [9.17, 15) is 21.6 Å². The van der Waals surface area contributed by atoms with Gasteiger partial charge in [-0.25, -0.2) is 8.42 Å². The highest BCUT2D eigenvalue weighted by molar-refractivity contribution is 7.92. The van der Waals surface area contributed by atoms with Crippen LogP contribution in [0.1, 0.15) is 19.4 Å². The highest BCUT2D eigenvalue weighted by Crippen LogP contribution is 2.38. The first-order valence-corrected chi connectivity index (χ1v) is 9.55. The van der Waals surface area contributed by atoms with Crippen LogP contribution in [-0.4, -0.2) is 21.6 Å². The molecule has 0 unspecified atom stereocenters. The Morgan fingerprint density at radius 2 is 1.69 bits per heavy atom. The van der Waals surface area contributed by atoms with Gasteiger partial charge in [-0.1, -0.05) is 11.6 Å². The van der Waals surface area contributed by atoms with Crippen LogP contribution in [0.25, 0.3) is 0 Å². The quantitative estimate of drug-likeness (QED) is 0.679. The van der Waals surface area contributed by atoms with Crippen molar-refractivity contribution in [1.29, 1.82) is 0 Å². The van der Waals surface area contributed by atoms with Gasteiger partial charge in [-0.3, -0.25) is 4.31 Å². The fourth-order valence-electron chi connectivity index (χ4n) is 2.38. The van der Waals surface area contributed by atoms with E-state index in [2.05, 4.69) is 0 Å². The third kappa shape index (κ3) is 4.24. The van der Waals surface area contributed by atoms with Crippen molar-refractivity contribution in [1.82, 2.24) is 0 Å². The Morgan fingerprint density at radius 1 is 1.08 bits per heavy atom.